The molecule has 14 heavy (non-hydrogen) atoms. The number of aldehydes is 1. The van der Waals surface area contributed by atoms with Crippen LogP contribution >= 0.6 is 0 Å². The Morgan fingerprint density at radius 3 is 2.64 bits per heavy atom. The zero-order valence-corrected chi connectivity index (χ0v) is 8.07. The SMILES string of the molecule is CC(CC=O)C(=O)Nc1ccccc1. The van der Waals surface area contributed by atoms with E-state index in [1.54, 1.807) is 6.92 Å². The molecule has 0 saturated carbocycles. The van der Waals surface area contributed by atoms with Crippen molar-refractivity contribution in [3.8, 4) is 0 Å². The van der Waals surface area contributed by atoms with Gasteiger partial charge in [0.25, 0.3) is 0 Å². The number of nitrogens with one attached hydrogen (secondary N) is 1. The number of anilines is 1. The van der Waals surface area contributed by atoms with Crippen LogP contribution in [0.5, 0.6) is 0 Å². The first-order valence-electron chi connectivity index (χ1n) is 4.53. The van der Waals surface area contributed by atoms with Gasteiger partial charge in [-0.05, 0) is 12.1 Å². The number of amides is 1. The van der Waals surface area contributed by atoms with E-state index < -0.39 is 0 Å². The number of hydrogen-bond donors (Lipinski definition) is 1. The van der Waals surface area contributed by atoms with E-state index in [2.05, 4.69) is 5.32 Å². The Kier molecular flexibility index (Phi) is 3.85. The Morgan fingerprint density at radius 2 is 2.07 bits per heavy atom. The van der Waals surface area contributed by atoms with E-state index in [0.29, 0.717) is 0 Å². The number of rotatable bonds is 4. The average Bonchev–Trinajstić information content (AvgIpc) is 2.19. The van der Waals surface area contributed by atoms with E-state index >= 15 is 0 Å². The first-order valence-corrected chi connectivity index (χ1v) is 4.53. The maximum atomic E-state index is 11.4. The third-order valence-corrected chi connectivity index (χ3v) is 1.94. The molecule has 0 saturated heterocycles. The van der Waals surface area contributed by atoms with Crippen molar-refractivity contribution in [1.82, 2.24) is 0 Å². The summed E-state index contributed by atoms with van der Waals surface area (Å²) in [6, 6.07) is 9.20. The van der Waals surface area contributed by atoms with Crippen molar-refractivity contribution in [1.29, 1.82) is 0 Å². The molecule has 0 aliphatic rings. The largest absolute Gasteiger partial charge is 0.326 e. The van der Waals surface area contributed by atoms with E-state index in [9.17, 15) is 9.59 Å². The number of para-hydroxylation sites is 1. The van der Waals surface area contributed by atoms with Crippen LogP contribution in [-0.2, 0) is 9.59 Å². The summed E-state index contributed by atoms with van der Waals surface area (Å²) in [4.78, 5) is 21.6. The predicted octanol–water partition coefficient (Wildman–Crippen LogP) is 1.85. The van der Waals surface area contributed by atoms with Gasteiger partial charge >= 0.3 is 0 Å². The highest BCUT2D eigenvalue weighted by molar-refractivity contribution is 5.93. The molecule has 0 radical (unpaired) electrons. The first-order chi connectivity index (χ1) is 6.74. The predicted molar refractivity (Wildman–Crippen MR) is 54.9 cm³/mol. The Bertz CT molecular complexity index is 308. The van der Waals surface area contributed by atoms with Crippen LogP contribution in [0.1, 0.15) is 13.3 Å². The molecule has 0 aromatic heterocycles. The number of carbonyl (C=O) groups excluding carboxylic acids is 2. The van der Waals surface area contributed by atoms with Crippen molar-refractivity contribution in [2.45, 2.75) is 13.3 Å². The molecule has 1 amide bonds. The van der Waals surface area contributed by atoms with Crippen LogP contribution in [0.15, 0.2) is 30.3 Å². The normalized spacial score (nSPS) is 11.8. The summed E-state index contributed by atoms with van der Waals surface area (Å²) in [5.74, 6) is -0.393. The number of carbonyl (C=O) groups is 2. The molecule has 0 fully saturated rings. The Labute approximate surface area is 83.1 Å². The van der Waals surface area contributed by atoms with Gasteiger partial charge in [-0.3, -0.25) is 4.79 Å². The molecular weight excluding hydrogens is 178 g/mol. The van der Waals surface area contributed by atoms with Crippen LogP contribution in [0, 0.1) is 5.92 Å². The molecule has 1 rings (SSSR count). The highest BCUT2D eigenvalue weighted by Gasteiger charge is 2.11. The molecule has 1 atom stereocenters. The Morgan fingerprint density at radius 1 is 1.43 bits per heavy atom. The van der Waals surface area contributed by atoms with Gasteiger partial charge in [-0.2, -0.15) is 0 Å². The van der Waals surface area contributed by atoms with Gasteiger partial charge in [-0.25, -0.2) is 0 Å². The van der Waals surface area contributed by atoms with E-state index in [1.165, 1.54) is 0 Å². The maximum absolute atomic E-state index is 11.4. The van der Waals surface area contributed by atoms with Crippen LogP contribution in [-0.4, -0.2) is 12.2 Å². The van der Waals surface area contributed by atoms with Gasteiger partial charge in [-0.15, -0.1) is 0 Å². The second-order valence-corrected chi connectivity index (χ2v) is 3.16. The van der Waals surface area contributed by atoms with Gasteiger partial charge in [0.05, 0.1) is 0 Å². The fourth-order valence-electron chi connectivity index (χ4n) is 1.04. The van der Waals surface area contributed by atoms with Gasteiger partial charge in [0.15, 0.2) is 0 Å². The first kappa shape index (κ1) is 10.4. The summed E-state index contributed by atoms with van der Waals surface area (Å²) >= 11 is 0. The Hall–Kier alpha value is -1.64. The van der Waals surface area contributed by atoms with Crippen LogP contribution in [0.4, 0.5) is 5.69 Å². The molecule has 0 spiro atoms. The molecular formula is C11H13NO2. The summed E-state index contributed by atoms with van der Waals surface area (Å²) in [5, 5.41) is 2.73. The standard InChI is InChI=1S/C11H13NO2/c1-9(7-8-13)11(14)12-10-5-3-2-4-6-10/h2-6,8-9H,7H2,1H3,(H,12,14). The van der Waals surface area contributed by atoms with Gasteiger partial charge in [0.2, 0.25) is 5.91 Å². The fraction of sp³-hybridized carbons (Fsp3) is 0.273. The molecule has 1 unspecified atom stereocenters. The maximum Gasteiger partial charge on any atom is 0.227 e. The second-order valence-electron chi connectivity index (χ2n) is 3.16. The molecule has 3 heteroatoms. The molecule has 0 aliphatic carbocycles. The third-order valence-electron chi connectivity index (χ3n) is 1.94. The fourth-order valence-corrected chi connectivity index (χ4v) is 1.04. The van der Waals surface area contributed by atoms with Crippen LogP contribution in [0.25, 0.3) is 0 Å². The minimum atomic E-state index is -0.271. The Balaban J connectivity index is 2.53. The number of benzene rings is 1. The second kappa shape index (κ2) is 5.17. The monoisotopic (exact) mass is 191 g/mol. The molecule has 1 aromatic carbocycles. The van der Waals surface area contributed by atoms with Crippen molar-refractivity contribution in [2.75, 3.05) is 5.32 Å². The zero-order chi connectivity index (χ0) is 10.4. The minimum Gasteiger partial charge on any atom is -0.326 e. The molecule has 3 nitrogen and oxygen atoms in total. The van der Waals surface area contributed by atoms with Gasteiger partial charge in [-0.1, -0.05) is 25.1 Å². The highest BCUT2D eigenvalue weighted by Crippen LogP contribution is 2.08. The molecule has 74 valence electrons. The lowest BCUT2D eigenvalue weighted by molar-refractivity contribution is -0.121. The van der Waals surface area contributed by atoms with Crippen molar-refractivity contribution in [3.05, 3.63) is 30.3 Å². The third kappa shape index (κ3) is 3.01. The van der Waals surface area contributed by atoms with Crippen LogP contribution in [0.3, 0.4) is 0 Å². The summed E-state index contributed by atoms with van der Waals surface area (Å²) in [6.45, 7) is 1.73. The lowest BCUT2D eigenvalue weighted by Gasteiger charge is -2.08. The van der Waals surface area contributed by atoms with E-state index in [1.807, 2.05) is 30.3 Å². The van der Waals surface area contributed by atoms with Gasteiger partial charge < -0.3 is 10.1 Å². The van der Waals surface area contributed by atoms with Crippen molar-refractivity contribution >= 4 is 17.9 Å². The van der Waals surface area contributed by atoms with Gasteiger partial charge in [0.1, 0.15) is 6.29 Å². The zero-order valence-electron chi connectivity index (χ0n) is 8.07. The van der Waals surface area contributed by atoms with Gasteiger partial charge in [0, 0.05) is 18.0 Å². The minimum absolute atomic E-state index is 0.122. The number of hydrogen-bond acceptors (Lipinski definition) is 2. The molecule has 0 aliphatic heterocycles. The van der Waals surface area contributed by atoms with E-state index in [0.717, 1.165) is 12.0 Å². The smallest absolute Gasteiger partial charge is 0.227 e. The van der Waals surface area contributed by atoms with E-state index in [-0.39, 0.29) is 18.2 Å². The van der Waals surface area contributed by atoms with Crippen LogP contribution < -0.4 is 5.32 Å². The molecule has 1 aromatic rings. The summed E-state index contributed by atoms with van der Waals surface area (Å²) in [7, 11) is 0. The topological polar surface area (TPSA) is 46.2 Å². The summed E-state index contributed by atoms with van der Waals surface area (Å²) < 4.78 is 0. The highest BCUT2D eigenvalue weighted by atomic mass is 16.2. The molecule has 0 heterocycles. The lowest BCUT2D eigenvalue weighted by Crippen LogP contribution is -2.20. The van der Waals surface area contributed by atoms with Crippen molar-refractivity contribution in [2.24, 2.45) is 5.92 Å². The summed E-state index contributed by atoms with van der Waals surface area (Å²) in [5.41, 5.74) is 0.759. The van der Waals surface area contributed by atoms with Crippen molar-refractivity contribution < 1.29 is 9.59 Å². The van der Waals surface area contributed by atoms with E-state index in [4.69, 9.17) is 0 Å². The lowest BCUT2D eigenvalue weighted by atomic mass is 10.1. The van der Waals surface area contributed by atoms with Crippen molar-refractivity contribution in [3.63, 3.8) is 0 Å². The molecule has 1 N–H and O–H groups in total. The molecule has 0 bridgehead atoms. The average molecular weight is 191 g/mol. The summed E-state index contributed by atoms with van der Waals surface area (Å²) in [6.07, 6.45) is 1.02. The van der Waals surface area contributed by atoms with Crippen LogP contribution in [0.2, 0.25) is 0 Å². The quantitative estimate of drug-likeness (QED) is 0.738.